The molecule has 0 unspecified atom stereocenters. The summed E-state index contributed by atoms with van der Waals surface area (Å²) in [5.41, 5.74) is 1.03. The summed E-state index contributed by atoms with van der Waals surface area (Å²) in [7, 11) is 0. The Bertz CT molecular complexity index is 1490. The van der Waals surface area contributed by atoms with Gasteiger partial charge in [0.25, 0.3) is 11.6 Å². The van der Waals surface area contributed by atoms with Crippen LogP contribution in [0.1, 0.15) is 16.2 Å². The minimum Gasteiger partial charge on any atom is -0.457 e. The van der Waals surface area contributed by atoms with Crippen LogP contribution in [0.3, 0.4) is 0 Å². The van der Waals surface area contributed by atoms with Gasteiger partial charge in [0, 0.05) is 40.2 Å². The summed E-state index contributed by atoms with van der Waals surface area (Å²) in [5, 5.41) is 24.2. The lowest BCUT2D eigenvalue weighted by Gasteiger charge is -2.00. The Morgan fingerprint density at radius 3 is 2.69 bits per heavy atom. The second kappa shape index (κ2) is 10.5. The van der Waals surface area contributed by atoms with Gasteiger partial charge in [-0.15, -0.1) is 11.3 Å². The van der Waals surface area contributed by atoms with Crippen molar-refractivity contribution in [2.75, 3.05) is 5.32 Å². The van der Waals surface area contributed by atoms with E-state index in [4.69, 9.17) is 27.6 Å². The predicted octanol–water partition coefficient (Wildman–Crippen LogP) is 6.75. The molecule has 0 aliphatic heterocycles. The Balaban J connectivity index is 1.46. The van der Waals surface area contributed by atoms with E-state index in [1.807, 2.05) is 18.2 Å². The first-order chi connectivity index (χ1) is 16.8. The molecule has 2 heterocycles. The third kappa shape index (κ3) is 5.94. The summed E-state index contributed by atoms with van der Waals surface area (Å²) in [4.78, 5) is 28.3. The van der Waals surface area contributed by atoms with Crippen molar-refractivity contribution in [1.29, 1.82) is 5.26 Å². The van der Waals surface area contributed by atoms with Crippen LogP contribution in [0.5, 0.6) is 0 Å². The van der Waals surface area contributed by atoms with Crippen LogP contribution in [0, 0.1) is 21.4 Å². The molecule has 0 saturated heterocycles. The number of nitro benzene ring substituents is 1. The fraction of sp³-hybridized carbons (Fsp3) is 0.0417. The second-order valence-corrected chi connectivity index (χ2v) is 9.14. The average molecular weight is 525 g/mol. The molecule has 8 nitrogen and oxygen atoms in total. The predicted molar refractivity (Wildman–Crippen MR) is 134 cm³/mol. The molecule has 2 aromatic carbocycles. The standard InChI is InChI=1S/C24H14Cl2N4O4S/c25-17-4-1-14(2-5-17)9-19-13-28-24(35-19)29-23(31)16(12-27)10-18-6-8-22(34-18)15-3-7-20(26)21(11-15)30(32)33/h1-8,10-11,13H,9H2,(H,28,29,31). The lowest BCUT2D eigenvalue weighted by atomic mass is 10.1. The zero-order chi connectivity index (χ0) is 24.9. The van der Waals surface area contributed by atoms with E-state index >= 15 is 0 Å². The molecule has 0 spiro atoms. The SMILES string of the molecule is N#CC(=Cc1ccc(-c2ccc(Cl)c([N+](=O)[O-])c2)o1)C(=O)Nc1ncc(Cc2ccc(Cl)cc2)s1. The van der Waals surface area contributed by atoms with Gasteiger partial charge in [0.2, 0.25) is 0 Å². The minimum absolute atomic E-state index is 0.00683. The molecule has 0 radical (unpaired) electrons. The van der Waals surface area contributed by atoms with E-state index in [1.165, 1.54) is 29.5 Å². The number of furan rings is 1. The summed E-state index contributed by atoms with van der Waals surface area (Å²) in [6.07, 6.45) is 3.57. The number of hydrogen-bond donors (Lipinski definition) is 1. The fourth-order valence-electron chi connectivity index (χ4n) is 3.10. The van der Waals surface area contributed by atoms with Gasteiger partial charge in [-0.3, -0.25) is 20.2 Å². The Labute approximate surface area is 213 Å². The van der Waals surface area contributed by atoms with Crippen LogP contribution in [0.4, 0.5) is 10.8 Å². The number of anilines is 1. The number of carbonyl (C=O) groups excluding carboxylic acids is 1. The maximum atomic E-state index is 12.6. The molecule has 11 heteroatoms. The molecule has 174 valence electrons. The van der Waals surface area contributed by atoms with Crippen molar-refractivity contribution in [3.8, 4) is 17.4 Å². The minimum atomic E-state index is -0.639. The van der Waals surface area contributed by atoms with Gasteiger partial charge >= 0.3 is 0 Å². The Hall–Kier alpha value is -3.97. The number of nitrogens with zero attached hydrogens (tertiary/aromatic N) is 3. The van der Waals surface area contributed by atoms with Crippen LogP contribution >= 0.6 is 34.5 Å². The molecule has 0 aliphatic rings. The third-order valence-electron chi connectivity index (χ3n) is 4.77. The number of nitriles is 1. The molecule has 0 saturated carbocycles. The van der Waals surface area contributed by atoms with E-state index in [0.717, 1.165) is 10.4 Å². The maximum Gasteiger partial charge on any atom is 0.288 e. The smallest absolute Gasteiger partial charge is 0.288 e. The number of nitro groups is 1. The molecule has 0 bridgehead atoms. The third-order valence-corrected chi connectivity index (χ3v) is 6.26. The highest BCUT2D eigenvalue weighted by molar-refractivity contribution is 7.15. The molecule has 1 amide bonds. The zero-order valence-corrected chi connectivity index (χ0v) is 20.0. The van der Waals surface area contributed by atoms with E-state index in [2.05, 4.69) is 10.3 Å². The van der Waals surface area contributed by atoms with Crippen LogP contribution in [-0.2, 0) is 11.2 Å². The number of thiazole rings is 1. The van der Waals surface area contributed by atoms with Crippen LogP contribution in [-0.4, -0.2) is 15.8 Å². The van der Waals surface area contributed by atoms with E-state index in [-0.39, 0.29) is 22.0 Å². The monoisotopic (exact) mass is 524 g/mol. The van der Waals surface area contributed by atoms with E-state index in [0.29, 0.717) is 27.9 Å². The number of benzene rings is 2. The summed E-state index contributed by atoms with van der Waals surface area (Å²) in [5.74, 6) is -0.0904. The lowest BCUT2D eigenvalue weighted by Crippen LogP contribution is -2.13. The molecule has 0 atom stereocenters. The molecule has 35 heavy (non-hydrogen) atoms. The van der Waals surface area contributed by atoms with Crippen molar-refractivity contribution in [2.45, 2.75) is 6.42 Å². The topological polar surface area (TPSA) is 122 Å². The quantitative estimate of drug-likeness (QED) is 0.123. The van der Waals surface area contributed by atoms with Crippen LogP contribution in [0.15, 0.2) is 70.8 Å². The summed E-state index contributed by atoms with van der Waals surface area (Å²) in [6.45, 7) is 0. The van der Waals surface area contributed by atoms with Crippen LogP contribution < -0.4 is 5.32 Å². The first kappa shape index (κ1) is 24.2. The van der Waals surface area contributed by atoms with Gasteiger partial charge in [0.15, 0.2) is 5.13 Å². The lowest BCUT2D eigenvalue weighted by molar-refractivity contribution is -0.384. The Morgan fingerprint density at radius 2 is 1.97 bits per heavy atom. The van der Waals surface area contributed by atoms with Crippen LogP contribution in [0.25, 0.3) is 17.4 Å². The van der Waals surface area contributed by atoms with E-state index in [1.54, 1.807) is 36.5 Å². The molecular formula is C24H14Cl2N4O4S. The van der Waals surface area contributed by atoms with Gasteiger partial charge in [-0.2, -0.15) is 5.26 Å². The van der Waals surface area contributed by atoms with Crippen molar-refractivity contribution in [3.63, 3.8) is 0 Å². The summed E-state index contributed by atoms with van der Waals surface area (Å²) >= 11 is 13.1. The fourth-order valence-corrected chi connectivity index (χ4v) is 4.25. The number of rotatable bonds is 7. The van der Waals surface area contributed by atoms with Gasteiger partial charge in [-0.05, 0) is 42.0 Å². The van der Waals surface area contributed by atoms with Crippen molar-refractivity contribution >= 4 is 57.3 Å². The highest BCUT2D eigenvalue weighted by Gasteiger charge is 2.16. The van der Waals surface area contributed by atoms with E-state index < -0.39 is 10.8 Å². The molecule has 1 N–H and O–H groups in total. The van der Waals surface area contributed by atoms with E-state index in [9.17, 15) is 20.2 Å². The first-order valence-corrected chi connectivity index (χ1v) is 11.6. The van der Waals surface area contributed by atoms with Crippen molar-refractivity contribution < 1.29 is 14.1 Å². The number of carbonyl (C=O) groups is 1. The van der Waals surface area contributed by atoms with Gasteiger partial charge in [0.05, 0.1) is 4.92 Å². The maximum absolute atomic E-state index is 12.6. The second-order valence-electron chi connectivity index (χ2n) is 7.18. The Morgan fingerprint density at radius 1 is 1.20 bits per heavy atom. The number of amides is 1. The largest absolute Gasteiger partial charge is 0.457 e. The highest BCUT2D eigenvalue weighted by atomic mass is 35.5. The molecule has 0 aliphatic carbocycles. The number of aromatic nitrogens is 1. The number of hydrogen-bond acceptors (Lipinski definition) is 7. The van der Waals surface area contributed by atoms with Crippen molar-refractivity contribution in [3.05, 3.63) is 103 Å². The highest BCUT2D eigenvalue weighted by Crippen LogP contribution is 2.31. The Kier molecular flexibility index (Phi) is 7.27. The summed E-state index contributed by atoms with van der Waals surface area (Å²) < 4.78 is 5.66. The van der Waals surface area contributed by atoms with Crippen molar-refractivity contribution in [2.24, 2.45) is 0 Å². The zero-order valence-electron chi connectivity index (χ0n) is 17.7. The molecule has 4 rings (SSSR count). The normalized spacial score (nSPS) is 11.2. The van der Waals surface area contributed by atoms with Gasteiger partial charge in [0.1, 0.15) is 28.2 Å². The van der Waals surface area contributed by atoms with Gasteiger partial charge in [-0.25, -0.2) is 4.98 Å². The van der Waals surface area contributed by atoms with Crippen molar-refractivity contribution in [1.82, 2.24) is 4.98 Å². The number of halogens is 2. The van der Waals surface area contributed by atoms with Gasteiger partial charge < -0.3 is 4.42 Å². The number of nitrogens with one attached hydrogen (secondary N) is 1. The first-order valence-electron chi connectivity index (χ1n) is 9.99. The molecule has 0 fully saturated rings. The van der Waals surface area contributed by atoms with Crippen LogP contribution in [0.2, 0.25) is 10.0 Å². The molecule has 2 aromatic heterocycles. The molecular weight excluding hydrogens is 511 g/mol. The average Bonchev–Trinajstić information content (AvgIpc) is 3.48. The van der Waals surface area contributed by atoms with Gasteiger partial charge in [-0.1, -0.05) is 35.3 Å². The summed E-state index contributed by atoms with van der Waals surface area (Å²) in [6, 6.07) is 16.7. The molecule has 4 aromatic rings.